The van der Waals surface area contributed by atoms with E-state index in [2.05, 4.69) is 39.5 Å². The van der Waals surface area contributed by atoms with E-state index in [1.165, 1.54) is 12.1 Å². The lowest BCUT2D eigenvalue weighted by atomic mass is 9.99. The third-order valence-electron chi connectivity index (χ3n) is 4.98. The molecular weight excluding hydrogens is 357 g/mol. The molecule has 1 atom stereocenters. The fourth-order valence-electron chi connectivity index (χ4n) is 3.18. The molecule has 2 aromatic rings. The molecule has 2 rings (SSSR count). The molecule has 0 radical (unpaired) electrons. The highest BCUT2D eigenvalue weighted by molar-refractivity contribution is 5.79. The summed E-state index contributed by atoms with van der Waals surface area (Å²) < 4.78 is 18.7. The Morgan fingerprint density at radius 2 is 1.86 bits per heavy atom. The molecule has 0 fully saturated rings. The van der Waals surface area contributed by atoms with Crippen molar-refractivity contribution in [3.8, 4) is 0 Å². The number of nitrogens with zero attached hydrogens (tertiary/aromatic N) is 3. The summed E-state index contributed by atoms with van der Waals surface area (Å²) in [4.78, 5) is 6.36. The summed E-state index contributed by atoms with van der Waals surface area (Å²) in [6.07, 6.45) is 2.10. The van der Waals surface area contributed by atoms with Gasteiger partial charge < -0.3 is 20.1 Å². The summed E-state index contributed by atoms with van der Waals surface area (Å²) in [5.74, 6) is 1.67. The standard InChI is InChI=1S/C21H32FN5O/c1-6-15(7-2)19-12-18(28-26-19)13-24-21(23-3)25-14-20(27(4)5)16-8-10-17(22)11-9-16/h8-12,15,20H,6-7,13-14H2,1-5H3,(H2,23,24,25). The number of hydrogen-bond donors (Lipinski definition) is 2. The summed E-state index contributed by atoms with van der Waals surface area (Å²) in [6, 6.07) is 8.70. The smallest absolute Gasteiger partial charge is 0.191 e. The zero-order valence-corrected chi connectivity index (χ0v) is 17.5. The maximum absolute atomic E-state index is 13.2. The highest BCUT2D eigenvalue weighted by atomic mass is 19.1. The maximum atomic E-state index is 13.2. The van der Waals surface area contributed by atoms with Crippen LogP contribution in [-0.4, -0.2) is 43.7 Å². The van der Waals surface area contributed by atoms with Crippen LogP contribution in [0.5, 0.6) is 0 Å². The van der Waals surface area contributed by atoms with Crippen LogP contribution in [0.15, 0.2) is 39.8 Å². The number of rotatable bonds is 9. The molecule has 0 saturated carbocycles. The fraction of sp³-hybridized carbons (Fsp3) is 0.524. The van der Waals surface area contributed by atoms with E-state index < -0.39 is 0 Å². The van der Waals surface area contributed by atoms with Gasteiger partial charge in [-0.3, -0.25) is 4.99 Å². The quantitative estimate of drug-likeness (QED) is 0.506. The van der Waals surface area contributed by atoms with Crippen LogP contribution in [0, 0.1) is 5.82 Å². The number of aromatic nitrogens is 1. The zero-order valence-electron chi connectivity index (χ0n) is 17.5. The zero-order chi connectivity index (χ0) is 20.5. The second-order valence-corrected chi connectivity index (χ2v) is 7.07. The van der Waals surface area contributed by atoms with Gasteiger partial charge in [0.15, 0.2) is 11.7 Å². The van der Waals surface area contributed by atoms with Gasteiger partial charge in [-0.1, -0.05) is 31.1 Å². The summed E-state index contributed by atoms with van der Waals surface area (Å²) in [6.45, 7) is 5.47. The topological polar surface area (TPSA) is 65.7 Å². The molecule has 6 nitrogen and oxygen atoms in total. The number of benzene rings is 1. The van der Waals surface area contributed by atoms with E-state index in [1.807, 2.05) is 32.3 Å². The molecule has 1 heterocycles. The van der Waals surface area contributed by atoms with Crippen molar-refractivity contribution in [2.45, 2.75) is 45.2 Å². The first-order valence-electron chi connectivity index (χ1n) is 9.80. The van der Waals surface area contributed by atoms with E-state index in [0.717, 1.165) is 29.9 Å². The molecule has 28 heavy (non-hydrogen) atoms. The van der Waals surface area contributed by atoms with E-state index in [1.54, 1.807) is 7.05 Å². The lowest BCUT2D eigenvalue weighted by Crippen LogP contribution is -2.41. The van der Waals surface area contributed by atoms with Gasteiger partial charge in [0.1, 0.15) is 5.82 Å². The van der Waals surface area contributed by atoms with Gasteiger partial charge in [-0.15, -0.1) is 0 Å². The molecule has 1 aromatic heterocycles. The molecule has 0 aliphatic heterocycles. The average Bonchev–Trinajstić information content (AvgIpc) is 3.15. The van der Waals surface area contributed by atoms with Gasteiger partial charge in [0.2, 0.25) is 0 Å². The molecule has 154 valence electrons. The summed E-state index contributed by atoms with van der Waals surface area (Å²) in [5, 5.41) is 10.8. The minimum absolute atomic E-state index is 0.0888. The number of aliphatic imine (C=N–C) groups is 1. The van der Waals surface area contributed by atoms with Gasteiger partial charge in [0, 0.05) is 25.6 Å². The lowest BCUT2D eigenvalue weighted by molar-refractivity contribution is 0.297. The van der Waals surface area contributed by atoms with E-state index in [4.69, 9.17) is 4.52 Å². The van der Waals surface area contributed by atoms with Crippen LogP contribution in [0.25, 0.3) is 0 Å². The van der Waals surface area contributed by atoms with Crippen LogP contribution in [0.1, 0.15) is 55.7 Å². The fourth-order valence-corrected chi connectivity index (χ4v) is 3.18. The predicted octanol–water partition coefficient (Wildman–Crippen LogP) is 3.69. The number of guanidine groups is 1. The Labute approximate surface area is 167 Å². The SMILES string of the molecule is CCC(CC)c1cc(CNC(=NC)NCC(c2ccc(F)cc2)N(C)C)on1. The number of halogens is 1. The van der Waals surface area contributed by atoms with Crippen molar-refractivity contribution in [1.82, 2.24) is 20.7 Å². The van der Waals surface area contributed by atoms with E-state index in [9.17, 15) is 4.39 Å². The van der Waals surface area contributed by atoms with Gasteiger partial charge in [0.05, 0.1) is 18.3 Å². The third kappa shape index (κ3) is 6.05. The Balaban J connectivity index is 1.92. The van der Waals surface area contributed by atoms with Crippen molar-refractivity contribution in [1.29, 1.82) is 0 Å². The monoisotopic (exact) mass is 389 g/mol. The van der Waals surface area contributed by atoms with Crippen molar-refractivity contribution >= 4 is 5.96 Å². The van der Waals surface area contributed by atoms with Gasteiger partial charge >= 0.3 is 0 Å². The largest absolute Gasteiger partial charge is 0.359 e. The van der Waals surface area contributed by atoms with Crippen LogP contribution >= 0.6 is 0 Å². The normalized spacial score (nSPS) is 13.2. The van der Waals surface area contributed by atoms with Gasteiger partial charge in [-0.2, -0.15) is 0 Å². The van der Waals surface area contributed by atoms with Gasteiger partial charge in [-0.05, 0) is 44.6 Å². The highest BCUT2D eigenvalue weighted by Crippen LogP contribution is 2.22. The second-order valence-electron chi connectivity index (χ2n) is 7.07. The molecule has 1 unspecified atom stereocenters. The summed E-state index contributed by atoms with van der Waals surface area (Å²) in [7, 11) is 5.73. The number of likely N-dealkylation sites (N-methyl/N-ethyl adjacent to an activating group) is 1. The molecular formula is C21H32FN5O. The van der Waals surface area contributed by atoms with Crippen LogP contribution < -0.4 is 10.6 Å². The Morgan fingerprint density at radius 1 is 1.18 bits per heavy atom. The first-order valence-corrected chi connectivity index (χ1v) is 9.80. The lowest BCUT2D eigenvalue weighted by Gasteiger charge is -2.26. The summed E-state index contributed by atoms with van der Waals surface area (Å²) in [5.41, 5.74) is 2.05. The number of nitrogens with one attached hydrogen (secondary N) is 2. The van der Waals surface area contributed by atoms with Crippen molar-refractivity contribution in [3.63, 3.8) is 0 Å². The Hall–Kier alpha value is -2.41. The van der Waals surface area contributed by atoms with Crippen molar-refractivity contribution in [2.24, 2.45) is 4.99 Å². The van der Waals surface area contributed by atoms with Crippen molar-refractivity contribution in [2.75, 3.05) is 27.7 Å². The molecule has 2 N–H and O–H groups in total. The number of hydrogen-bond acceptors (Lipinski definition) is 4. The second kappa shape index (κ2) is 10.8. The summed E-state index contributed by atoms with van der Waals surface area (Å²) >= 11 is 0. The highest BCUT2D eigenvalue weighted by Gasteiger charge is 2.16. The molecule has 0 spiro atoms. The third-order valence-corrected chi connectivity index (χ3v) is 4.98. The van der Waals surface area contributed by atoms with E-state index in [0.29, 0.717) is 25.0 Å². The molecule has 7 heteroatoms. The molecule has 0 aliphatic carbocycles. The van der Waals surface area contributed by atoms with Crippen LogP contribution in [0.4, 0.5) is 4.39 Å². The Bertz CT molecular complexity index is 738. The van der Waals surface area contributed by atoms with Gasteiger partial charge in [-0.25, -0.2) is 4.39 Å². The van der Waals surface area contributed by atoms with Crippen molar-refractivity contribution < 1.29 is 8.91 Å². The minimum Gasteiger partial charge on any atom is -0.359 e. The maximum Gasteiger partial charge on any atom is 0.191 e. The molecule has 1 aromatic carbocycles. The Morgan fingerprint density at radius 3 is 2.43 bits per heavy atom. The van der Waals surface area contributed by atoms with Crippen molar-refractivity contribution in [3.05, 3.63) is 53.2 Å². The van der Waals surface area contributed by atoms with Crippen LogP contribution in [0.3, 0.4) is 0 Å². The molecule has 0 aliphatic rings. The Kier molecular flexibility index (Phi) is 8.44. The minimum atomic E-state index is -0.230. The average molecular weight is 390 g/mol. The first kappa shape index (κ1) is 21.9. The van der Waals surface area contributed by atoms with Crippen LogP contribution in [0.2, 0.25) is 0 Å². The predicted molar refractivity (Wildman–Crippen MR) is 111 cm³/mol. The first-order chi connectivity index (χ1) is 13.5. The molecule has 0 amide bonds. The van der Waals surface area contributed by atoms with E-state index >= 15 is 0 Å². The molecule has 0 saturated heterocycles. The van der Waals surface area contributed by atoms with Gasteiger partial charge in [0.25, 0.3) is 0 Å². The van der Waals surface area contributed by atoms with E-state index in [-0.39, 0.29) is 11.9 Å². The van der Waals surface area contributed by atoms with Crippen LogP contribution in [-0.2, 0) is 6.54 Å². The molecule has 0 bridgehead atoms.